The van der Waals surface area contributed by atoms with Gasteiger partial charge in [0.05, 0.1) is 19.9 Å². The summed E-state index contributed by atoms with van der Waals surface area (Å²) in [5, 5.41) is 11.2. The number of ether oxygens (including phenoxy) is 2. The molecule has 7 nitrogen and oxygen atoms in total. The second-order valence-electron chi connectivity index (χ2n) is 5.81. The van der Waals surface area contributed by atoms with Gasteiger partial charge in [0.25, 0.3) is 0 Å². The van der Waals surface area contributed by atoms with E-state index in [1.807, 2.05) is 0 Å². The van der Waals surface area contributed by atoms with Crippen molar-refractivity contribution < 1.29 is 18.7 Å². The van der Waals surface area contributed by atoms with Crippen LogP contribution < -0.4 is 14.8 Å². The van der Waals surface area contributed by atoms with Gasteiger partial charge in [-0.3, -0.25) is 4.79 Å². The fourth-order valence-electron chi connectivity index (χ4n) is 2.45. The summed E-state index contributed by atoms with van der Waals surface area (Å²) >= 11 is 5.88. The second kappa shape index (κ2) is 9.18. The molecule has 0 unspecified atom stereocenters. The summed E-state index contributed by atoms with van der Waals surface area (Å²) in [7, 11) is 1.40. The first kappa shape index (κ1) is 19.6. The second-order valence-corrected chi connectivity index (χ2v) is 6.24. The highest BCUT2D eigenvalue weighted by Crippen LogP contribution is 2.23. The first-order chi connectivity index (χ1) is 13.5. The van der Waals surface area contributed by atoms with Crippen LogP contribution in [0, 0.1) is 5.82 Å². The molecule has 0 aliphatic carbocycles. The van der Waals surface area contributed by atoms with E-state index in [4.69, 9.17) is 21.1 Å². The molecule has 1 heterocycles. The van der Waals surface area contributed by atoms with Crippen molar-refractivity contribution in [2.75, 3.05) is 20.3 Å². The number of carbonyl (C=O) groups excluding carboxylic acids is 1. The molecule has 0 aliphatic heterocycles. The molecule has 28 heavy (non-hydrogen) atoms. The summed E-state index contributed by atoms with van der Waals surface area (Å²) in [6, 6.07) is 11.5. The fourth-order valence-corrected chi connectivity index (χ4v) is 2.63. The number of nitrogens with zero attached hydrogens (tertiary/aromatic N) is 3. The maximum Gasteiger partial charge on any atom is 0.241 e. The Kier molecular flexibility index (Phi) is 6.44. The summed E-state index contributed by atoms with van der Waals surface area (Å²) in [5.41, 5.74) is 0.999. The van der Waals surface area contributed by atoms with Gasteiger partial charge in [0, 0.05) is 10.6 Å². The molecule has 3 aromatic rings. The molecule has 0 saturated carbocycles. The average molecular weight is 405 g/mol. The van der Waals surface area contributed by atoms with E-state index in [1.54, 1.807) is 36.5 Å². The van der Waals surface area contributed by atoms with Gasteiger partial charge >= 0.3 is 0 Å². The van der Waals surface area contributed by atoms with Crippen LogP contribution in [0.5, 0.6) is 11.5 Å². The van der Waals surface area contributed by atoms with E-state index >= 15 is 0 Å². The van der Waals surface area contributed by atoms with Crippen LogP contribution in [-0.2, 0) is 11.3 Å². The van der Waals surface area contributed by atoms with Gasteiger partial charge in [-0.2, -0.15) is 0 Å². The molecule has 1 aromatic heterocycles. The number of nitrogens with one attached hydrogen (secondary N) is 1. The zero-order chi connectivity index (χ0) is 19.9. The average Bonchev–Trinajstić information content (AvgIpc) is 3.13. The van der Waals surface area contributed by atoms with E-state index < -0.39 is 5.82 Å². The number of aromatic nitrogens is 3. The van der Waals surface area contributed by atoms with Gasteiger partial charge in [-0.05, 0) is 36.4 Å². The lowest BCUT2D eigenvalue weighted by Crippen LogP contribution is -2.31. The Morgan fingerprint density at radius 3 is 2.89 bits per heavy atom. The van der Waals surface area contributed by atoms with Crippen molar-refractivity contribution in [3.8, 4) is 22.8 Å². The first-order valence-electron chi connectivity index (χ1n) is 8.44. The van der Waals surface area contributed by atoms with Gasteiger partial charge in [0.1, 0.15) is 24.6 Å². The van der Waals surface area contributed by atoms with Crippen molar-refractivity contribution in [1.29, 1.82) is 0 Å². The zero-order valence-corrected chi connectivity index (χ0v) is 15.8. The standard InChI is InChI=1S/C19H18ClFN4O3/c1-27-18-6-5-13(9-16(18)21)17-11-25(24-23-17)12-19(26)22-7-8-28-15-4-2-3-14(20)10-15/h2-6,9-11H,7-8,12H2,1H3,(H,22,26). The zero-order valence-electron chi connectivity index (χ0n) is 15.1. The Hall–Kier alpha value is -3.13. The third-order valence-corrected chi connectivity index (χ3v) is 4.02. The molecule has 1 amide bonds. The number of halogens is 2. The number of benzene rings is 2. The Morgan fingerprint density at radius 2 is 2.14 bits per heavy atom. The molecule has 0 atom stereocenters. The number of carbonyl (C=O) groups is 1. The van der Waals surface area contributed by atoms with Crippen LogP contribution in [0.15, 0.2) is 48.7 Å². The molecule has 0 bridgehead atoms. The van der Waals surface area contributed by atoms with Crippen LogP contribution >= 0.6 is 11.6 Å². The van der Waals surface area contributed by atoms with Crippen LogP contribution in [0.1, 0.15) is 0 Å². The predicted octanol–water partition coefficient (Wildman–Crippen LogP) is 2.94. The van der Waals surface area contributed by atoms with Crippen LogP contribution in [0.2, 0.25) is 5.02 Å². The third kappa shape index (κ3) is 5.20. The predicted molar refractivity (Wildman–Crippen MR) is 102 cm³/mol. The van der Waals surface area contributed by atoms with Gasteiger partial charge in [0.2, 0.25) is 5.91 Å². The van der Waals surface area contributed by atoms with Gasteiger partial charge in [0.15, 0.2) is 11.6 Å². The topological polar surface area (TPSA) is 78.3 Å². The minimum Gasteiger partial charge on any atom is -0.494 e. The third-order valence-electron chi connectivity index (χ3n) is 3.78. The molecule has 0 aliphatic rings. The lowest BCUT2D eigenvalue weighted by atomic mass is 10.1. The Morgan fingerprint density at radius 1 is 1.29 bits per heavy atom. The van der Waals surface area contributed by atoms with Crippen LogP contribution in [0.3, 0.4) is 0 Å². The lowest BCUT2D eigenvalue weighted by Gasteiger charge is -2.08. The smallest absolute Gasteiger partial charge is 0.241 e. The van der Waals surface area contributed by atoms with Gasteiger partial charge in [-0.15, -0.1) is 5.10 Å². The maximum atomic E-state index is 13.8. The number of methoxy groups -OCH3 is 1. The molecule has 0 fully saturated rings. The van der Waals surface area contributed by atoms with Crippen molar-refractivity contribution in [3.63, 3.8) is 0 Å². The Balaban J connectivity index is 1.48. The van der Waals surface area contributed by atoms with E-state index in [0.717, 1.165) is 0 Å². The number of amides is 1. The molecule has 0 spiro atoms. The van der Waals surface area contributed by atoms with Crippen molar-refractivity contribution in [2.45, 2.75) is 6.54 Å². The molecular weight excluding hydrogens is 387 g/mol. The number of rotatable bonds is 8. The summed E-state index contributed by atoms with van der Waals surface area (Å²) in [6.45, 7) is 0.624. The molecule has 3 rings (SSSR count). The summed E-state index contributed by atoms with van der Waals surface area (Å²) in [4.78, 5) is 12.0. The van der Waals surface area contributed by atoms with Crippen LogP contribution in [-0.4, -0.2) is 41.2 Å². The summed E-state index contributed by atoms with van der Waals surface area (Å²) < 4.78 is 25.6. The first-order valence-corrected chi connectivity index (χ1v) is 8.82. The van der Waals surface area contributed by atoms with E-state index in [1.165, 1.54) is 23.9 Å². The quantitative estimate of drug-likeness (QED) is 0.584. The lowest BCUT2D eigenvalue weighted by molar-refractivity contribution is -0.121. The van der Waals surface area contributed by atoms with Gasteiger partial charge in [-0.25, -0.2) is 9.07 Å². The maximum absolute atomic E-state index is 13.8. The number of hydrogen-bond acceptors (Lipinski definition) is 5. The van der Waals surface area contributed by atoms with Gasteiger partial charge < -0.3 is 14.8 Å². The van der Waals surface area contributed by atoms with Crippen LogP contribution in [0.4, 0.5) is 4.39 Å². The monoisotopic (exact) mass is 404 g/mol. The summed E-state index contributed by atoms with van der Waals surface area (Å²) in [5.74, 6) is 0.0453. The minimum absolute atomic E-state index is 0.0111. The highest BCUT2D eigenvalue weighted by Gasteiger charge is 2.10. The van der Waals surface area contributed by atoms with Crippen LogP contribution in [0.25, 0.3) is 11.3 Å². The van der Waals surface area contributed by atoms with Crippen molar-refractivity contribution in [2.24, 2.45) is 0 Å². The van der Waals surface area contributed by atoms with E-state index in [9.17, 15) is 9.18 Å². The highest BCUT2D eigenvalue weighted by atomic mass is 35.5. The molecular formula is C19H18ClFN4O3. The Bertz CT molecular complexity index is 964. The van der Waals surface area contributed by atoms with Crippen molar-refractivity contribution in [3.05, 3.63) is 59.5 Å². The number of hydrogen-bond donors (Lipinski definition) is 1. The molecule has 9 heteroatoms. The molecule has 0 radical (unpaired) electrons. The Labute approximate surface area is 166 Å². The largest absolute Gasteiger partial charge is 0.494 e. The van der Waals surface area contributed by atoms with Crippen molar-refractivity contribution >= 4 is 17.5 Å². The molecule has 146 valence electrons. The van der Waals surface area contributed by atoms with E-state index in [-0.39, 0.29) is 18.2 Å². The fraction of sp³-hybridized carbons (Fsp3) is 0.211. The molecule has 1 N–H and O–H groups in total. The van der Waals surface area contributed by atoms with E-state index in [2.05, 4.69) is 15.6 Å². The van der Waals surface area contributed by atoms with Gasteiger partial charge in [-0.1, -0.05) is 22.9 Å². The SMILES string of the molecule is COc1ccc(-c2cn(CC(=O)NCCOc3cccc(Cl)c3)nn2)cc1F. The highest BCUT2D eigenvalue weighted by molar-refractivity contribution is 6.30. The normalized spacial score (nSPS) is 10.5. The summed E-state index contributed by atoms with van der Waals surface area (Å²) in [6.07, 6.45) is 1.57. The van der Waals surface area contributed by atoms with E-state index in [0.29, 0.717) is 35.2 Å². The molecule has 0 saturated heterocycles. The minimum atomic E-state index is -0.494. The van der Waals surface area contributed by atoms with Crippen molar-refractivity contribution in [1.82, 2.24) is 20.3 Å². The molecule has 2 aromatic carbocycles.